The monoisotopic (exact) mass is 253 g/mol. The quantitative estimate of drug-likeness (QED) is 0.712. The highest BCUT2D eigenvalue weighted by Crippen LogP contribution is 2.16. The Morgan fingerprint density at radius 2 is 2.11 bits per heavy atom. The van der Waals surface area contributed by atoms with Gasteiger partial charge in [-0.1, -0.05) is 12.1 Å². The average Bonchev–Trinajstić information content (AvgIpc) is 2.35. The fourth-order valence-corrected chi connectivity index (χ4v) is 1.65. The van der Waals surface area contributed by atoms with Gasteiger partial charge in [0, 0.05) is 20.1 Å². The molecule has 4 nitrogen and oxygen atoms in total. The highest BCUT2D eigenvalue weighted by Gasteiger charge is 2.06. The summed E-state index contributed by atoms with van der Waals surface area (Å²) in [5.41, 5.74) is 0.582. The predicted octanol–water partition coefficient (Wildman–Crippen LogP) is 0.988. The number of halogens is 1. The Kier molecular flexibility index (Phi) is 6.14. The van der Waals surface area contributed by atoms with E-state index >= 15 is 0 Å². The Hall–Kier alpha value is -1.62. The zero-order chi connectivity index (χ0) is 13.4. The molecule has 0 aliphatic carbocycles. The molecule has 1 rings (SSSR count). The molecule has 1 aromatic rings. The summed E-state index contributed by atoms with van der Waals surface area (Å²) in [6.07, 6.45) is 0.778. The highest BCUT2D eigenvalue weighted by atomic mass is 19.1. The first-order valence-corrected chi connectivity index (χ1v) is 6.02. The first-order valence-electron chi connectivity index (χ1n) is 6.02. The topological polar surface area (TPSA) is 44.4 Å². The molecular formula is C13H20FN3O. The van der Waals surface area contributed by atoms with E-state index in [1.807, 2.05) is 18.0 Å². The second kappa shape index (κ2) is 7.66. The molecule has 2 N–H and O–H groups in total. The third-order valence-corrected chi connectivity index (χ3v) is 2.59. The van der Waals surface area contributed by atoms with Gasteiger partial charge in [-0.25, -0.2) is 4.39 Å². The standard InChI is InChI=1S/C13H20FN3O/c1-15-10-13(18)16-8-5-9-17(2)12-7-4-3-6-11(12)14/h3-4,6-7,15H,5,8-10H2,1-2H3,(H,16,18). The largest absolute Gasteiger partial charge is 0.372 e. The average molecular weight is 253 g/mol. The van der Waals surface area contributed by atoms with E-state index in [-0.39, 0.29) is 11.7 Å². The van der Waals surface area contributed by atoms with E-state index in [1.165, 1.54) is 6.07 Å². The zero-order valence-electron chi connectivity index (χ0n) is 10.9. The minimum atomic E-state index is -0.223. The molecule has 0 heterocycles. The van der Waals surface area contributed by atoms with E-state index in [0.29, 0.717) is 25.3 Å². The molecule has 0 atom stereocenters. The number of hydrogen-bond donors (Lipinski definition) is 2. The van der Waals surface area contributed by atoms with Crippen molar-refractivity contribution in [2.75, 3.05) is 38.6 Å². The molecular weight excluding hydrogens is 233 g/mol. The lowest BCUT2D eigenvalue weighted by atomic mass is 10.2. The maximum atomic E-state index is 13.5. The van der Waals surface area contributed by atoms with Crippen LogP contribution in [0.3, 0.4) is 0 Å². The molecule has 18 heavy (non-hydrogen) atoms. The van der Waals surface area contributed by atoms with Crippen molar-refractivity contribution < 1.29 is 9.18 Å². The summed E-state index contributed by atoms with van der Waals surface area (Å²) < 4.78 is 13.5. The minimum absolute atomic E-state index is 0.0222. The SMILES string of the molecule is CNCC(=O)NCCCN(C)c1ccccc1F. The first-order chi connectivity index (χ1) is 8.65. The normalized spacial score (nSPS) is 10.2. The zero-order valence-corrected chi connectivity index (χ0v) is 10.9. The van der Waals surface area contributed by atoms with Gasteiger partial charge in [0.2, 0.25) is 5.91 Å². The van der Waals surface area contributed by atoms with Crippen molar-refractivity contribution in [2.24, 2.45) is 0 Å². The van der Waals surface area contributed by atoms with Crippen molar-refractivity contribution in [2.45, 2.75) is 6.42 Å². The van der Waals surface area contributed by atoms with Gasteiger partial charge in [0.15, 0.2) is 0 Å². The van der Waals surface area contributed by atoms with Crippen LogP contribution in [0.2, 0.25) is 0 Å². The van der Waals surface area contributed by atoms with E-state index in [2.05, 4.69) is 10.6 Å². The van der Waals surface area contributed by atoms with Gasteiger partial charge in [0.25, 0.3) is 0 Å². The van der Waals surface area contributed by atoms with Crippen LogP contribution in [0.15, 0.2) is 24.3 Å². The molecule has 0 saturated heterocycles. The lowest BCUT2D eigenvalue weighted by molar-refractivity contribution is -0.120. The van der Waals surface area contributed by atoms with Crippen LogP contribution >= 0.6 is 0 Å². The molecule has 1 aromatic carbocycles. The number of benzene rings is 1. The van der Waals surface area contributed by atoms with Crippen molar-refractivity contribution in [1.29, 1.82) is 0 Å². The van der Waals surface area contributed by atoms with E-state index < -0.39 is 0 Å². The van der Waals surface area contributed by atoms with Crippen LogP contribution in [0.5, 0.6) is 0 Å². The Labute approximate surface area is 107 Å². The van der Waals surface area contributed by atoms with Gasteiger partial charge < -0.3 is 15.5 Å². The third-order valence-electron chi connectivity index (χ3n) is 2.59. The molecule has 0 spiro atoms. The van der Waals surface area contributed by atoms with Crippen LogP contribution in [-0.4, -0.2) is 39.6 Å². The second-order valence-corrected chi connectivity index (χ2v) is 4.11. The maximum Gasteiger partial charge on any atom is 0.233 e. The molecule has 0 unspecified atom stereocenters. The number of carbonyl (C=O) groups excluding carboxylic acids is 1. The van der Waals surface area contributed by atoms with Gasteiger partial charge in [-0.2, -0.15) is 0 Å². The van der Waals surface area contributed by atoms with Gasteiger partial charge in [-0.05, 0) is 25.6 Å². The molecule has 0 bridgehead atoms. The molecule has 5 heteroatoms. The number of carbonyl (C=O) groups is 1. The number of anilines is 1. The Morgan fingerprint density at radius 3 is 2.78 bits per heavy atom. The fourth-order valence-electron chi connectivity index (χ4n) is 1.65. The van der Waals surface area contributed by atoms with Crippen LogP contribution in [0.1, 0.15) is 6.42 Å². The maximum absolute atomic E-state index is 13.5. The number of rotatable bonds is 7. The van der Waals surface area contributed by atoms with Crippen molar-refractivity contribution in [3.05, 3.63) is 30.1 Å². The number of nitrogens with zero attached hydrogens (tertiary/aromatic N) is 1. The van der Waals surface area contributed by atoms with E-state index in [4.69, 9.17) is 0 Å². The molecule has 0 fully saturated rings. The summed E-state index contributed by atoms with van der Waals surface area (Å²) >= 11 is 0. The number of nitrogens with one attached hydrogen (secondary N) is 2. The number of amides is 1. The van der Waals surface area contributed by atoms with Crippen LogP contribution in [0, 0.1) is 5.82 Å². The minimum Gasteiger partial charge on any atom is -0.372 e. The summed E-state index contributed by atoms with van der Waals surface area (Å²) in [5, 5.41) is 5.56. The van der Waals surface area contributed by atoms with Crippen molar-refractivity contribution in [3.8, 4) is 0 Å². The van der Waals surface area contributed by atoms with Crippen LogP contribution in [0.4, 0.5) is 10.1 Å². The molecule has 0 aliphatic rings. The molecule has 0 aromatic heterocycles. The van der Waals surface area contributed by atoms with Crippen LogP contribution in [-0.2, 0) is 4.79 Å². The summed E-state index contributed by atoms with van der Waals surface area (Å²) in [4.78, 5) is 13.0. The summed E-state index contributed by atoms with van der Waals surface area (Å²) in [5.74, 6) is -0.245. The second-order valence-electron chi connectivity index (χ2n) is 4.11. The van der Waals surface area contributed by atoms with Gasteiger partial charge in [0.1, 0.15) is 5.82 Å². The predicted molar refractivity (Wildman–Crippen MR) is 71.2 cm³/mol. The highest BCUT2D eigenvalue weighted by molar-refractivity contribution is 5.77. The molecule has 100 valence electrons. The van der Waals surface area contributed by atoms with Gasteiger partial charge >= 0.3 is 0 Å². The van der Waals surface area contributed by atoms with Crippen molar-refractivity contribution in [3.63, 3.8) is 0 Å². The Balaban J connectivity index is 2.28. The smallest absolute Gasteiger partial charge is 0.233 e. The van der Waals surface area contributed by atoms with Crippen molar-refractivity contribution in [1.82, 2.24) is 10.6 Å². The number of hydrogen-bond acceptors (Lipinski definition) is 3. The lowest BCUT2D eigenvalue weighted by Gasteiger charge is -2.19. The summed E-state index contributed by atoms with van der Waals surface area (Å²) in [7, 11) is 3.57. The summed E-state index contributed by atoms with van der Waals surface area (Å²) in [6.45, 7) is 1.61. The first kappa shape index (κ1) is 14.4. The molecule has 1 amide bonds. The van der Waals surface area contributed by atoms with Crippen molar-refractivity contribution >= 4 is 11.6 Å². The third kappa shape index (κ3) is 4.71. The molecule has 0 saturated carbocycles. The van der Waals surface area contributed by atoms with Crippen LogP contribution < -0.4 is 15.5 Å². The fraction of sp³-hybridized carbons (Fsp3) is 0.462. The van der Waals surface area contributed by atoms with Gasteiger partial charge in [0.05, 0.1) is 12.2 Å². The van der Waals surface area contributed by atoms with Crippen LogP contribution in [0.25, 0.3) is 0 Å². The molecule has 0 radical (unpaired) electrons. The Bertz CT molecular complexity index is 384. The van der Waals surface area contributed by atoms with E-state index in [9.17, 15) is 9.18 Å². The summed E-state index contributed by atoms with van der Waals surface area (Å²) in [6, 6.07) is 6.67. The number of para-hydroxylation sites is 1. The van der Waals surface area contributed by atoms with E-state index in [1.54, 1.807) is 19.2 Å². The van der Waals surface area contributed by atoms with Gasteiger partial charge in [-0.3, -0.25) is 4.79 Å². The number of likely N-dealkylation sites (N-methyl/N-ethyl adjacent to an activating group) is 1. The van der Waals surface area contributed by atoms with Gasteiger partial charge in [-0.15, -0.1) is 0 Å². The lowest BCUT2D eigenvalue weighted by Crippen LogP contribution is -2.34. The molecule has 0 aliphatic heterocycles. The Morgan fingerprint density at radius 1 is 1.39 bits per heavy atom. The van der Waals surface area contributed by atoms with E-state index in [0.717, 1.165) is 6.42 Å².